The maximum atomic E-state index is 12.7. The Morgan fingerprint density at radius 1 is 1.14 bits per heavy atom. The highest BCUT2D eigenvalue weighted by molar-refractivity contribution is 7.99. The summed E-state index contributed by atoms with van der Waals surface area (Å²) < 4.78 is 38.1. The van der Waals surface area contributed by atoms with Crippen LogP contribution in [0.25, 0.3) is 0 Å². The van der Waals surface area contributed by atoms with Gasteiger partial charge in [0.2, 0.25) is 0 Å². The molecule has 1 aromatic carbocycles. The standard InChI is InChI=1S/C15H13F3N2S/c16-15(17,18)13-8-9-19-14(20-13)21-12-7-3-5-10-4-1-2-6-11(10)12/h1-2,4,6,8-9,12H,3,5,7H2. The molecule has 0 amide bonds. The van der Waals surface area contributed by atoms with E-state index in [1.165, 1.54) is 29.1 Å². The fourth-order valence-corrected chi connectivity index (χ4v) is 3.68. The lowest BCUT2D eigenvalue weighted by Gasteiger charge is -2.24. The molecule has 21 heavy (non-hydrogen) atoms. The quantitative estimate of drug-likeness (QED) is 0.754. The lowest BCUT2D eigenvalue weighted by atomic mass is 9.91. The van der Waals surface area contributed by atoms with E-state index in [0.29, 0.717) is 0 Å². The van der Waals surface area contributed by atoms with Gasteiger partial charge in [-0.15, -0.1) is 0 Å². The molecule has 1 aliphatic rings. The summed E-state index contributed by atoms with van der Waals surface area (Å²) in [4.78, 5) is 7.61. The van der Waals surface area contributed by atoms with Crippen molar-refractivity contribution in [2.45, 2.75) is 35.8 Å². The van der Waals surface area contributed by atoms with Crippen molar-refractivity contribution in [1.82, 2.24) is 9.97 Å². The van der Waals surface area contributed by atoms with Gasteiger partial charge in [-0.3, -0.25) is 0 Å². The lowest BCUT2D eigenvalue weighted by molar-refractivity contribution is -0.141. The molecule has 1 aliphatic carbocycles. The van der Waals surface area contributed by atoms with Crippen molar-refractivity contribution in [2.24, 2.45) is 0 Å². The molecule has 0 bridgehead atoms. The Labute approximate surface area is 124 Å². The number of aryl methyl sites for hydroxylation is 1. The van der Waals surface area contributed by atoms with Gasteiger partial charge in [0.05, 0.1) is 0 Å². The first kappa shape index (κ1) is 14.4. The SMILES string of the molecule is FC(F)(F)c1ccnc(SC2CCCc3ccccc32)n1. The molecule has 0 spiro atoms. The molecular formula is C15H13F3N2S. The third-order valence-corrected chi connectivity index (χ3v) is 4.67. The van der Waals surface area contributed by atoms with Crippen LogP contribution >= 0.6 is 11.8 Å². The monoisotopic (exact) mass is 310 g/mol. The van der Waals surface area contributed by atoms with Gasteiger partial charge in [-0.1, -0.05) is 36.0 Å². The van der Waals surface area contributed by atoms with Gasteiger partial charge in [0.1, 0.15) is 5.69 Å². The molecule has 0 aliphatic heterocycles. The number of rotatable bonds is 2. The zero-order valence-electron chi connectivity index (χ0n) is 11.1. The summed E-state index contributed by atoms with van der Waals surface area (Å²) in [5.74, 6) is 0. The van der Waals surface area contributed by atoms with E-state index in [9.17, 15) is 13.2 Å². The van der Waals surface area contributed by atoms with Crippen LogP contribution in [-0.4, -0.2) is 9.97 Å². The average molecular weight is 310 g/mol. The van der Waals surface area contributed by atoms with E-state index in [1.54, 1.807) is 0 Å². The molecule has 6 heteroatoms. The van der Waals surface area contributed by atoms with E-state index >= 15 is 0 Å². The van der Waals surface area contributed by atoms with Gasteiger partial charge >= 0.3 is 6.18 Å². The van der Waals surface area contributed by atoms with E-state index in [-0.39, 0.29) is 10.4 Å². The largest absolute Gasteiger partial charge is 0.433 e. The van der Waals surface area contributed by atoms with Crippen LogP contribution in [0.15, 0.2) is 41.7 Å². The second kappa shape index (κ2) is 5.67. The van der Waals surface area contributed by atoms with E-state index in [4.69, 9.17) is 0 Å². The van der Waals surface area contributed by atoms with Gasteiger partial charge in [-0.2, -0.15) is 13.2 Å². The smallest absolute Gasteiger partial charge is 0.231 e. The van der Waals surface area contributed by atoms with Crippen molar-refractivity contribution in [1.29, 1.82) is 0 Å². The molecule has 0 saturated carbocycles. The third-order valence-electron chi connectivity index (χ3n) is 3.49. The van der Waals surface area contributed by atoms with Crippen LogP contribution in [0, 0.1) is 0 Å². The van der Waals surface area contributed by atoms with Crippen molar-refractivity contribution in [3.05, 3.63) is 53.3 Å². The fourth-order valence-electron chi connectivity index (χ4n) is 2.51. The maximum absolute atomic E-state index is 12.7. The second-order valence-corrected chi connectivity index (χ2v) is 6.09. The Kier molecular flexibility index (Phi) is 3.89. The number of halogens is 3. The summed E-state index contributed by atoms with van der Waals surface area (Å²) in [5, 5.41) is 0.310. The average Bonchev–Trinajstić information content (AvgIpc) is 2.47. The van der Waals surface area contributed by atoms with Crippen molar-refractivity contribution < 1.29 is 13.2 Å². The van der Waals surface area contributed by atoms with E-state index in [2.05, 4.69) is 16.0 Å². The Balaban J connectivity index is 1.85. The number of thioether (sulfide) groups is 1. The highest BCUT2D eigenvalue weighted by Crippen LogP contribution is 2.42. The molecule has 2 aromatic rings. The number of nitrogens with zero attached hydrogens (tertiary/aromatic N) is 2. The molecule has 0 fully saturated rings. The molecule has 3 rings (SSSR count). The minimum atomic E-state index is -4.43. The van der Waals surface area contributed by atoms with Gasteiger partial charge in [0.25, 0.3) is 0 Å². The van der Waals surface area contributed by atoms with E-state index in [0.717, 1.165) is 25.3 Å². The van der Waals surface area contributed by atoms with Crippen LogP contribution in [-0.2, 0) is 12.6 Å². The highest BCUT2D eigenvalue weighted by atomic mass is 32.2. The van der Waals surface area contributed by atoms with Crippen molar-refractivity contribution in [2.75, 3.05) is 0 Å². The Morgan fingerprint density at radius 3 is 2.76 bits per heavy atom. The van der Waals surface area contributed by atoms with E-state index in [1.807, 2.05) is 18.2 Å². The van der Waals surface area contributed by atoms with Crippen LogP contribution in [0.4, 0.5) is 13.2 Å². The first-order valence-corrected chi connectivity index (χ1v) is 7.57. The molecule has 2 nitrogen and oxygen atoms in total. The van der Waals surface area contributed by atoms with Gasteiger partial charge in [-0.05, 0) is 36.5 Å². The summed E-state index contributed by atoms with van der Waals surface area (Å²) in [7, 11) is 0. The topological polar surface area (TPSA) is 25.8 Å². The Hall–Kier alpha value is -1.56. The zero-order chi connectivity index (χ0) is 14.9. The summed E-state index contributed by atoms with van der Waals surface area (Å²) in [6.45, 7) is 0. The van der Waals surface area contributed by atoms with Crippen molar-refractivity contribution in [3.63, 3.8) is 0 Å². The molecule has 0 radical (unpaired) electrons. The lowest BCUT2D eigenvalue weighted by Crippen LogP contribution is -2.10. The normalized spacial score (nSPS) is 18.3. The molecule has 1 unspecified atom stereocenters. The van der Waals surface area contributed by atoms with Gasteiger partial charge in [0, 0.05) is 11.4 Å². The predicted octanol–water partition coefficient (Wildman–Crippen LogP) is 4.67. The predicted molar refractivity (Wildman–Crippen MR) is 75.0 cm³/mol. The molecule has 110 valence electrons. The number of hydrogen-bond donors (Lipinski definition) is 0. The summed E-state index contributed by atoms with van der Waals surface area (Å²) in [6.07, 6.45) is -0.263. The molecule has 1 aromatic heterocycles. The Morgan fingerprint density at radius 2 is 1.95 bits per heavy atom. The molecule has 1 atom stereocenters. The molecular weight excluding hydrogens is 297 g/mol. The third kappa shape index (κ3) is 3.20. The van der Waals surface area contributed by atoms with Crippen LogP contribution in [0.3, 0.4) is 0 Å². The zero-order valence-corrected chi connectivity index (χ0v) is 11.9. The number of benzene rings is 1. The molecule has 0 N–H and O–H groups in total. The maximum Gasteiger partial charge on any atom is 0.433 e. The fraction of sp³-hybridized carbons (Fsp3) is 0.333. The first-order valence-electron chi connectivity index (χ1n) is 6.69. The number of fused-ring (bicyclic) bond motifs is 1. The second-order valence-electron chi connectivity index (χ2n) is 4.92. The van der Waals surface area contributed by atoms with Gasteiger partial charge in [0.15, 0.2) is 5.16 Å². The summed E-state index contributed by atoms with van der Waals surface area (Å²) >= 11 is 1.32. The minimum Gasteiger partial charge on any atom is -0.231 e. The molecule has 1 heterocycles. The highest BCUT2D eigenvalue weighted by Gasteiger charge is 2.33. The van der Waals surface area contributed by atoms with Crippen LogP contribution in [0.2, 0.25) is 0 Å². The van der Waals surface area contributed by atoms with Crippen LogP contribution < -0.4 is 0 Å². The number of aromatic nitrogens is 2. The van der Waals surface area contributed by atoms with E-state index < -0.39 is 11.9 Å². The first-order chi connectivity index (χ1) is 10.0. The van der Waals surface area contributed by atoms with Gasteiger partial charge < -0.3 is 0 Å². The van der Waals surface area contributed by atoms with Crippen LogP contribution in [0.5, 0.6) is 0 Å². The number of alkyl halides is 3. The summed E-state index contributed by atoms with van der Waals surface area (Å²) in [5.41, 5.74) is 1.58. The summed E-state index contributed by atoms with van der Waals surface area (Å²) in [6, 6.07) is 8.98. The number of hydrogen-bond acceptors (Lipinski definition) is 3. The van der Waals surface area contributed by atoms with Crippen molar-refractivity contribution >= 4 is 11.8 Å². The van der Waals surface area contributed by atoms with Crippen LogP contribution in [0.1, 0.15) is 34.9 Å². The minimum absolute atomic E-state index is 0.124. The van der Waals surface area contributed by atoms with Crippen molar-refractivity contribution in [3.8, 4) is 0 Å². The molecule has 0 saturated heterocycles. The van der Waals surface area contributed by atoms with Gasteiger partial charge in [-0.25, -0.2) is 9.97 Å². The Bertz CT molecular complexity index is 643.